The Balaban J connectivity index is 2.55. The molecule has 5 heteroatoms. The number of benzene rings is 1. The second-order valence-electron chi connectivity index (χ2n) is 4.85. The van der Waals surface area contributed by atoms with Crippen molar-refractivity contribution in [1.29, 1.82) is 0 Å². The van der Waals surface area contributed by atoms with Gasteiger partial charge in [-0.1, -0.05) is 22.9 Å². The maximum atomic E-state index is 12.0. The van der Waals surface area contributed by atoms with Crippen LogP contribution in [0, 0.1) is 12.8 Å². The monoisotopic (exact) mass is 328 g/mol. The quantitative estimate of drug-likeness (QED) is 0.554. The molecule has 1 atom stereocenters. The molecule has 0 aliphatic heterocycles. The maximum absolute atomic E-state index is 12.0. The summed E-state index contributed by atoms with van der Waals surface area (Å²) in [5.41, 5.74) is 7.83. The van der Waals surface area contributed by atoms with Crippen LogP contribution >= 0.6 is 15.9 Å². The molecule has 0 saturated heterocycles. The second kappa shape index (κ2) is 7.50. The number of halogens is 1. The number of carbonyl (C=O) groups is 1. The lowest BCUT2D eigenvalue weighted by Gasteiger charge is -2.11. The fourth-order valence-corrected chi connectivity index (χ4v) is 2.25. The van der Waals surface area contributed by atoms with Crippen LogP contribution in [0.4, 0.5) is 5.69 Å². The van der Waals surface area contributed by atoms with Crippen LogP contribution in [0.3, 0.4) is 0 Å². The maximum Gasteiger partial charge on any atom is 0.251 e. The SMILES string of the molecule is Cc1c(N)cc(Br)cc1C(=O)NCCCC(C)CO. The highest BCUT2D eigenvalue weighted by atomic mass is 79.9. The van der Waals surface area contributed by atoms with Crippen molar-refractivity contribution in [2.24, 2.45) is 5.92 Å². The highest BCUT2D eigenvalue weighted by Gasteiger charge is 2.11. The number of nitrogen functional groups attached to an aromatic ring is 1. The molecule has 0 heterocycles. The van der Waals surface area contributed by atoms with E-state index in [-0.39, 0.29) is 18.4 Å². The third kappa shape index (κ3) is 4.84. The Labute approximate surface area is 122 Å². The standard InChI is InChI=1S/C14H21BrN2O2/c1-9(8-18)4-3-5-17-14(19)12-6-11(15)7-13(16)10(12)2/h6-7,9,18H,3-5,8,16H2,1-2H3,(H,17,19). The summed E-state index contributed by atoms with van der Waals surface area (Å²) in [7, 11) is 0. The zero-order valence-electron chi connectivity index (χ0n) is 11.4. The van der Waals surface area contributed by atoms with Gasteiger partial charge in [0.15, 0.2) is 0 Å². The zero-order valence-corrected chi connectivity index (χ0v) is 13.0. The predicted octanol–water partition coefficient (Wildman–Crippen LogP) is 2.48. The molecule has 106 valence electrons. The average molecular weight is 329 g/mol. The average Bonchev–Trinajstić information content (AvgIpc) is 2.38. The van der Waals surface area contributed by atoms with Gasteiger partial charge in [0.2, 0.25) is 0 Å². The van der Waals surface area contributed by atoms with Crippen LogP contribution < -0.4 is 11.1 Å². The molecule has 0 bridgehead atoms. The van der Waals surface area contributed by atoms with E-state index in [4.69, 9.17) is 10.8 Å². The van der Waals surface area contributed by atoms with Crippen LogP contribution in [-0.4, -0.2) is 24.2 Å². The highest BCUT2D eigenvalue weighted by molar-refractivity contribution is 9.10. The summed E-state index contributed by atoms with van der Waals surface area (Å²) in [6.45, 7) is 4.62. The van der Waals surface area contributed by atoms with E-state index in [2.05, 4.69) is 21.2 Å². The molecule has 4 N–H and O–H groups in total. The third-order valence-corrected chi connectivity index (χ3v) is 3.59. The van der Waals surface area contributed by atoms with E-state index in [1.807, 2.05) is 13.8 Å². The number of nitrogens with two attached hydrogens (primary N) is 1. The van der Waals surface area contributed by atoms with Crippen molar-refractivity contribution in [3.05, 3.63) is 27.7 Å². The first kappa shape index (κ1) is 16.0. The molecule has 0 aliphatic carbocycles. The molecule has 19 heavy (non-hydrogen) atoms. The fourth-order valence-electron chi connectivity index (χ4n) is 1.77. The minimum atomic E-state index is -0.109. The van der Waals surface area contributed by atoms with Gasteiger partial charge in [0.05, 0.1) is 0 Å². The number of rotatable bonds is 6. The van der Waals surface area contributed by atoms with E-state index in [9.17, 15) is 4.79 Å². The van der Waals surface area contributed by atoms with Crippen LogP contribution in [0.15, 0.2) is 16.6 Å². The molecular weight excluding hydrogens is 308 g/mol. The Morgan fingerprint density at radius 2 is 2.21 bits per heavy atom. The summed E-state index contributed by atoms with van der Waals surface area (Å²) in [5.74, 6) is 0.169. The molecule has 0 radical (unpaired) electrons. The molecule has 1 aromatic carbocycles. The lowest BCUT2D eigenvalue weighted by molar-refractivity contribution is 0.0951. The normalized spacial score (nSPS) is 12.2. The Hall–Kier alpha value is -1.07. The van der Waals surface area contributed by atoms with Gasteiger partial charge in [-0.2, -0.15) is 0 Å². The van der Waals surface area contributed by atoms with Crippen LogP contribution in [0.2, 0.25) is 0 Å². The van der Waals surface area contributed by atoms with E-state index in [0.29, 0.717) is 17.8 Å². The molecule has 1 rings (SSSR count). The van der Waals surface area contributed by atoms with Gasteiger partial charge in [-0.05, 0) is 43.4 Å². The molecule has 0 spiro atoms. The summed E-state index contributed by atoms with van der Waals surface area (Å²) in [6.07, 6.45) is 1.76. The van der Waals surface area contributed by atoms with Crippen LogP contribution in [0.5, 0.6) is 0 Å². The summed E-state index contributed by atoms with van der Waals surface area (Å²) >= 11 is 3.34. The van der Waals surface area contributed by atoms with Crippen molar-refractivity contribution in [2.45, 2.75) is 26.7 Å². The summed E-state index contributed by atoms with van der Waals surface area (Å²) in [4.78, 5) is 12.0. The Morgan fingerprint density at radius 1 is 1.53 bits per heavy atom. The van der Waals surface area contributed by atoms with E-state index in [1.165, 1.54) is 0 Å². The highest BCUT2D eigenvalue weighted by Crippen LogP contribution is 2.22. The largest absolute Gasteiger partial charge is 0.398 e. The fraction of sp³-hybridized carbons (Fsp3) is 0.500. The Morgan fingerprint density at radius 3 is 2.84 bits per heavy atom. The third-order valence-electron chi connectivity index (χ3n) is 3.13. The minimum absolute atomic E-state index is 0.109. The van der Waals surface area contributed by atoms with Crippen LogP contribution in [0.25, 0.3) is 0 Å². The smallest absolute Gasteiger partial charge is 0.251 e. The number of carbonyl (C=O) groups excluding carboxylic acids is 1. The van der Waals surface area contributed by atoms with Gasteiger partial charge in [-0.3, -0.25) is 4.79 Å². The van der Waals surface area contributed by atoms with Crippen LogP contribution in [0.1, 0.15) is 35.7 Å². The number of aliphatic hydroxyl groups is 1. The van der Waals surface area contributed by atoms with Crippen molar-refractivity contribution >= 4 is 27.5 Å². The van der Waals surface area contributed by atoms with Gasteiger partial charge in [0.25, 0.3) is 5.91 Å². The molecule has 0 aromatic heterocycles. The molecule has 0 fully saturated rings. The molecule has 1 unspecified atom stereocenters. The topological polar surface area (TPSA) is 75.4 Å². The zero-order chi connectivity index (χ0) is 14.4. The summed E-state index contributed by atoms with van der Waals surface area (Å²) in [5, 5.41) is 11.8. The summed E-state index contributed by atoms with van der Waals surface area (Å²) in [6, 6.07) is 3.56. The number of hydrogen-bond donors (Lipinski definition) is 3. The molecule has 0 saturated carbocycles. The molecule has 0 aliphatic rings. The lowest BCUT2D eigenvalue weighted by atomic mass is 10.1. The van der Waals surface area contributed by atoms with Gasteiger partial charge in [0, 0.05) is 28.9 Å². The van der Waals surface area contributed by atoms with Gasteiger partial charge < -0.3 is 16.2 Å². The lowest BCUT2D eigenvalue weighted by Crippen LogP contribution is -2.26. The second-order valence-corrected chi connectivity index (χ2v) is 5.77. The van der Waals surface area contributed by atoms with Gasteiger partial charge >= 0.3 is 0 Å². The molecular formula is C14H21BrN2O2. The molecule has 4 nitrogen and oxygen atoms in total. The van der Waals surface area contributed by atoms with Crippen LogP contribution in [-0.2, 0) is 0 Å². The van der Waals surface area contributed by atoms with E-state index in [1.54, 1.807) is 12.1 Å². The molecule has 1 aromatic rings. The van der Waals surface area contributed by atoms with E-state index < -0.39 is 0 Å². The van der Waals surface area contributed by atoms with Crippen molar-refractivity contribution in [2.75, 3.05) is 18.9 Å². The van der Waals surface area contributed by atoms with Gasteiger partial charge in [0.1, 0.15) is 0 Å². The number of anilines is 1. The molecule has 1 amide bonds. The van der Waals surface area contributed by atoms with Crippen molar-refractivity contribution in [3.63, 3.8) is 0 Å². The van der Waals surface area contributed by atoms with E-state index >= 15 is 0 Å². The van der Waals surface area contributed by atoms with Crippen molar-refractivity contribution in [1.82, 2.24) is 5.32 Å². The van der Waals surface area contributed by atoms with Gasteiger partial charge in [-0.15, -0.1) is 0 Å². The number of aliphatic hydroxyl groups excluding tert-OH is 1. The summed E-state index contributed by atoms with van der Waals surface area (Å²) < 4.78 is 0.801. The number of hydrogen-bond acceptors (Lipinski definition) is 3. The van der Waals surface area contributed by atoms with Crippen molar-refractivity contribution in [3.8, 4) is 0 Å². The number of nitrogens with one attached hydrogen (secondary N) is 1. The first-order valence-electron chi connectivity index (χ1n) is 6.40. The predicted molar refractivity (Wildman–Crippen MR) is 81.1 cm³/mol. The van der Waals surface area contributed by atoms with E-state index in [0.717, 1.165) is 22.9 Å². The first-order valence-corrected chi connectivity index (χ1v) is 7.19. The Kier molecular flexibility index (Phi) is 6.31. The van der Waals surface area contributed by atoms with Gasteiger partial charge in [-0.25, -0.2) is 0 Å². The van der Waals surface area contributed by atoms with Crippen molar-refractivity contribution < 1.29 is 9.90 Å². The Bertz CT molecular complexity index is 449. The number of amides is 1. The first-order chi connectivity index (χ1) is 8.95. The minimum Gasteiger partial charge on any atom is -0.398 e.